The number of carbonyl (C=O) groups excluding carboxylic acids is 2. The third-order valence-corrected chi connectivity index (χ3v) is 4.87. The summed E-state index contributed by atoms with van der Waals surface area (Å²) in [4.78, 5) is 31.0. The number of ketones is 1. The van der Waals surface area contributed by atoms with Crippen LogP contribution in [0.4, 0.5) is 0 Å². The first-order chi connectivity index (χ1) is 12.1. The van der Waals surface area contributed by atoms with Gasteiger partial charge in [0.15, 0.2) is 5.78 Å². The molecule has 0 aliphatic carbocycles. The summed E-state index contributed by atoms with van der Waals surface area (Å²) in [5.74, 6) is 0.0478. The van der Waals surface area contributed by atoms with Crippen LogP contribution < -0.4 is 0 Å². The Kier molecular flexibility index (Phi) is 5.82. The van der Waals surface area contributed by atoms with Crippen molar-refractivity contribution in [3.8, 4) is 0 Å². The van der Waals surface area contributed by atoms with E-state index in [0.29, 0.717) is 30.0 Å². The maximum atomic E-state index is 12.7. The van der Waals surface area contributed by atoms with E-state index in [2.05, 4.69) is 4.98 Å². The zero-order valence-corrected chi connectivity index (χ0v) is 14.8. The Hall–Kier alpha value is -2.20. The molecule has 2 heterocycles. The topological polar surface area (TPSA) is 50.3 Å². The van der Waals surface area contributed by atoms with E-state index in [4.69, 9.17) is 11.6 Å². The Bertz CT molecular complexity index is 748. The number of aromatic nitrogens is 1. The Balaban J connectivity index is 1.58. The molecule has 0 bridgehead atoms. The second-order valence-corrected chi connectivity index (χ2v) is 6.85. The Morgan fingerprint density at radius 2 is 2.00 bits per heavy atom. The average molecular weight is 357 g/mol. The monoisotopic (exact) mass is 356 g/mol. The predicted octanol–water partition coefficient (Wildman–Crippen LogP) is 3.79. The van der Waals surface area contributed by atoms with Crippen molar-refractivity contribution in [3.63, 3.8) is 0 Å². The van der Waals surface area contributed by atoms with Crippen molar-refractivity contribution in [1.82, 2.24) is 9.88 Å². The second-order valence-electron chi connectivity index (χ2n) is 6.41. The third kappa shape index (κ3) is 4.67. The minimum atomic E-state index is -0.142. The molecular formula is C20H21ClN2O2. The Labute approximate surface area is 152 Å². The first-order valence-corrected chi connectivity index (χ1v) is 8.98. The number of Topliss-reactive ketones (excluding diaryl/α,β-unsaturated/α-hetero) is 1. The quantitative estimate of drug-likeness (QED) is 0.766. The van der Waals surface area contributed by atoms with E-state index in [9.17, 15) is 9.59 Å². The first kappa shape index (κ1) is 17.6. The van der Waals surface area contributed by atoms with Crippen molar-refractivity contribution >= 4 is 23.3 Å². The number of halogens is 1. The molecule has 25 heavy (non-hydrogen) atoms. The summed E-state index contributed by atoms with van der Waals surface area (Å²) in [7, 11) is 0. The van der Waals surface area contributed by atoms with Crippen LogP contribution in [0.3, 0.4) is 0 Å². The predicted molar refractivity (Wildman–Crippen MR) is 97.6 cm³/mol. The molecule has 0 spiro atoms. The summed E-state index contributed by atoms with van der Waals surface area (Å²) in [6.07, 6.45) is 6.31. The van der Waals surface area contributed by atoms with E-state index in [1.807, 2.05) is 17.0 Å². The molecule has 3 rings (SSSR count). The molecule has 5 heteroatoms. The number of carbonyl (C=O) groups is 2. The lowest BCUT2D eigenvalue weighted by atomic mass is 9.90. The molecule has 1 aromatic carbocycles. The van der Waals surface area contributed by atoms with Gasteiger partial charge in [0.1, 0.15) is 0 Å². The highest BCUT2D eigenvalue weighted by Crippen LogP contribution is 2.23. The summed E-state index contributed by atoms with van der Waals surface area (Å²) in [5.41, 5.74) is 1.73. The van der Waals surface area contributed by atoms with Gasteiger partial charge < -0.3 is 4.90 Å². The fourth-order valence-corrected chi connectivity index (χ4v) is 3.44. The molecule has 4 nitrogen and oxygen atoms in total. The lowest BCUT2D eigenvalue weighted by molar-refractivity contribution is -0.132. The van der Waals surface area contributed by atoms with Gasteiger partial charge >= 0.3 is 0 Å². The maximum absolute atomic E-state index is 12.7. The van der Waals surface area contributed by atoms with Crippen molar-refractivity contribution in [2.45, 2.75) is 25.7 Å². The van der Waals surface area contributed by atoms with Crippen LogP contribution in [-0.4, -0.2) is 34.7 Å². The van der Waals surface area contributed by atoms with Crippen LogP contribution in [0.15, 0.2) is 48.8 Å². The zero-order chi connectivity index (χ0) is 17.6. The van der Waals surface area contributed by atoms with E-state index in [1.54, 1.807) is 36.7 Å². The van der Waals surface area contributed by atoms with Crippen LogP contribution in [0.5, 0.6) is 0 Å². The summed E-state index contributed by atoms with van der Waals surface area (Å²) in [6, 6.07) is 10.9. The van der Waals surface area contributed by atoms with Gasteiger partial charge in [-0.15, -0.1) is 0 Å². The Morgan fingerprint density at radius 1 is 1.20 bits per heavy atom. The van der Waals surface area contributed by atoms with Gasteiger partial charge in [-0.25, -0.2) is 0 Å². The van der Waals surface area contributed by atoms with Crippen molar-refractivity contribution in [2.75, 3.05) is 13.1 Å². The molecule has 1 saturated heterocycles. The molecule has 0 N–H and O–H groups in total. The number of likely N-dealkylation sites (tertiary alicyclic amines) is 1. The molecule has 0 radical (unpaired) electrons. The van der Waals surface area contributed by atoms with Gasteiger partial charge in [0, 0.05) is 48.4 Å². The molecule has 0 saturated carbocycles. The van der Waals surface area contributed by atoms with E-state index in [0.717, 1.165) is 24.9 Å². The van der Waals surface area contributed by atoms with Gasteiger partial charge in [-0.1, -0.05) is 23.7 Å². The number of pyridine rings is 1. The minimum absolute atomic E-state index is 0.0779. The molecule has 1 aliphatic rings. The van der Waals surface area contributed by atoms with Crippen LogP contribution in [0.25, 0.3) is 0 Å². The van der Waals surface area contributed by atoms with E-state index >= 15 is 0 Å². The van der Waals surface area contributed by atoms with Gasteiger partial charge in [0.05, 0.1) is 0 Å². The van der Waals surface area contributed by atoms with Crippen LogP contribution in [0.2, 0.25) is 5.02 Å². The normalized spacial score (nSPS) is 17.3. The van der Waals surface area contributed by atoms with Gasteiger partial charge in [-0.2, -0.15) is 0 Å². The highest BCUT2D eigenvalue weighted by atomic mass is 35.5. The average Bonchev–Trinajstić information content (AvgIpc) is 2.66. The van der Waals surface area contributed by atoms with E-state index in [-0.39, 0.29) is 17.6 Å². The number of nitrogens with zero attached hydrogens (tertiary/aromatic N) is 2. The van der Waals surface area contributed by atoms with Gasteiger partial charge in [-0.3, -0.25) is 14.6 Å². The van der Waals surface area contributed by atoms with Crippen molar-refractivity contribution in [3.05, 3.63) is 64.9 Å². The van der Waals surface area contributed by atoms with E-state index < -0.39 is 0 Å². The zero-order valence-electron chi connectivity index (χ0n) is 14.0. The van der Waals surface area contributed by atoms with Crippen LogP contribution in [0, 0.1) is 5.92 Å². The lowest BCUT2D eigenvalue weighted by Crippen LogP contribution is -2.42. The summed E-state index contributed by atoms with van der Waals surface area (Å²) in [5, 5.41) is 0.562. The molecule has 130 valence electrons. The number of hydrogen-bond acceptors (Lipinski definition) is 3. The molecular weight excluding hydrogens is 336 g/mol. The maximum Gasteiger partial charge on any atom is 0.222 e. The number of aryl methyl sites for hydroxylation is 1. The third-order valence-electron chi connectivity index (χ3n) is 4.63. The SMILES string of the molecule is O=C(c1cccc(Cl)c1)[C@@H]1CCCN(C(=O)CCc2ccncc2)C1. The molecule has 1 atom stereocenters. The standard InChI is InChI=1S/C20H21ClN2O2/c21-18-5-1-3-16(13-18)20(25)17-4-2-12-23(14-17)19(24)7-6-15-8-10-22-11-9-15/h1,3,5,8-11,13,17H,2,4,6-7,12,14H2/t17-/m1/s1. The molecule has 1 fully saturated rings. The second kappa shape index (κ2) is 8.26. The number of amides is 1. The smallest absolute Gasteiger partial charge is 0.222 e. The van der Waals surface area contributed by atoms with Crippen molar-refractivity contribution < 1.29 is 9.59 Å². The fourth-order valence-electron chi connectivity index (χ4n) is 3.25. The van der Waals surface area contributed by atoms with Gasteiger partial charge in [0.25, 0.3) is 0 Å². The first-order valence-electron chi connectivity index (χ1n) is 8.60. The van der Waals surface area contributed by atoms with Crippen LogP contribution in [-0.2, 0) is 11.2 Å². The highest BCUT2D eigenvalue weighted by molar-refractivity contribution is 6.31. The molecule has 1 aliphatic heterocycles. The van der Waals surface area contributed by atoms with Crippen LogP contribution >= 0.6 is 11.6 Å². The largest absolute Gasteiger partial charge is 0.342 e. The molecule has 1 aromatic heterocycles. The summed E-state index contributed by atoms with van der Waals surface area (Å²) in [6.45, 7) is 1.23. The Morgan fingerprint density at radius 3 is 2.76 bits per heavy atom. The lowest BCUT2D eigenvalue weighted by Gasteiger charge is -2.32. The number of benzene rings is 1. The molecule has 0 unspecified atom stereocenters. The molecule has 2 aromatic rings. The van der Waals surface area contributed by atoms with Gasteiger partial charge in [-0.05, 0) is 49.1 Å². The number of piperidine rings is 1. The molecule has 1 amide bonds. The summed E-state index contributed by atoms with van der Waals surface area (Å²) < 4.78 is 0. The number of hydrogen-bond donors (Lipinski definition) is 0. The van der Waals surface area contributed by atoms with E-state index in [1.165, 1.54) is 0 Å². The van der Waals surface area contributed by atoms with Crippen molar-refractivity contribution in [1.29, 1.82) is 0 Å². The van der Waals surface area contributed by atoms with Gasteiger partial charge in [0.2, 0.25) is 5.91 Å². The van der Waals surface area contributed by atoms with Crippen molar-refractivity contribution in [2.24, 2.45) is 5.92 Å². The number of rotatable bonds is 5. The van der Waals surface area contributed by atoms with Crippen LogP contribution in [0.1, 0.15) is 35.2 Å². The fraction of sp³-hybridized carbons (Fsp3) is 0.350. The summed E-state index contributed by atoms with van der Waals surface area (Å²) >= 11 is 5.99. The minimum Gasteiger partial charge on any atom is -0.342 e. The highest BCUT2D eigenvalue weighted by Gasteiger charge is 2.28.